The van der Waals surface area contributed by atoms with Gasteiger partial charge in [0, 0.05) is 11.1 Å². The molecule has 0 amide bonds. The molecule has 2 aromatic rings. The predicted octanol–water partition coefficient (Wildman–Crippen LogP) is 2.89. The monoisotopic (exact) mass is 199 g/mol. The van der Waals surface area contributed by atoms with Crippen LogP contribution in [0.25, 0.3) is 11.3 Å². The van der Waals surface area contributed by atoms with Gasteiger partial charge < -0.3 is 10.2 Å². The molecule has 15 heavy (non-hydrogen) atoms. The Hall–Kier alpha value is -1.54. The third-order valence-corrected chi connectivity index (χ3v) is 3.03. The maximum Gasteiger partial charge on any atom is 0.133 e. The fourth-order valence-corrected chi connectivity index (χ4v) is 1.85. The smallest absolute Gasteiger partial charge is 0.133 e. The molecule has 0 radical (unpaired) electrons. The molecule has 1 fully saturated rings. The van der Waals surface area contributed by atoms with Crippen molar-refractivity contribution in [1.29, 1.82) is 0 Å². The summed E-state index contributed by atoms with van der Waals surface area (Å²) >= 11 is 0. The molecule has 0 atom stereocenters. The highest BCUT2D eigenvalue weighted by atomic mass is 16.3. The zero-order chi connectivity index (χ0) is 10.3. The fourth-order valence-electron chi connectivity index (χ4n) is 1.85. The van der Waals surface area contributed by atoms with Gasteiger partial charge in [0.2, 0.25) is 0 Å². The van der Waals surface area contributed by atoms with E-state index in [1.807, 2.05) is 24.3 Å². The summed E-state index contributed by atoms with van der Waals surface area (Å²) in [7, 11) is 0. The number of hydrogen-bond acceptors (Lipinski definition) is 2. The Morgan fingerprint density at radius 2 is 2.00 bits per heavy atom. The topological polar surface area (TPSA) is 39.2 Å². The van der Waals surface area contributed by atoms with E-state index >= 15 is 0 Å². The number of furan rings is 1. The third kappa shape index (κ3) is 1.47. The molecule has 0 bridgehead atoms. The standard InChI is InChI=1S/C13H13NO/c14-13(6-7-13)11-4-1-3-10(9-11)12-5-2-8-15-12/h1-5,8-9H,6-7,14H2. The Labute approximate surface area is 88.7 Å². The molecular weight excluding hydrogens is 186 g/mol. The van der Waals surface area contributed by atoms with Crippen molar-refractivity contribution < 1.29 is 4.42 Å². The van der Waals surface area contributed by atoms with Gasteiger partial charge in [-0.05, 0) is 36.6 Å². The van der Waals surface area contributed by atoms with Crippen LogP contribution in [0.5, 0.6) is 0 Å². The molecule has 0 aliphatic heterocycles. The first-order chi connectivity index (χ1) is 7.28. The molecule has 1 aromatic carbocycles. The van der Waals surface area contributed by atoms with Crippen molar-refractivity contribution >= 4 is 0 Å². The minimum absolute atomic E-state index is 0.0669. The number of benzene rings is 1. The number of rotatable bonds is 2. The van der Waals surface area contributed by atoms with E-state index in [0.29, 0.717) is 0 Å². The van der Waals surface area contributed by atoms with Crippen LogP contribution in [0.1, 0.15) is 18.4 Å². The SMILES string of the molecule is NC1(c2cccc(-c3ccco3)c2)CC1. The summed E-state index contributed by atoms with van der Waals surface area (Å²) in [5, 5.41) is 0. The Kier molecular flexibility index (Phi) is 1.73. The summed E-state index contributed by atoms with van der Waals surface area (Å²) in [5.41, 5.74) is 8.42. The van der Waals surface area contributed by atoms with Gasteiger partial charge in [-0.15, -0.1) is 0 Å². The Morgan fingerprint density at radius 3 is 2.67 bits per heavy atom. The van der Waals surface area contributed by atoms with Gasteiger partial charge in [-0.25, -0.2) is 0 Å². The molecule has 0 spiro atoms. The molecule has 1 heterocycles. The Bertz CT molecular complexity index is 469. The van der Waals surface area contributed by atoms with E-state index in [1.165, 1.54) is 5.56 Å². The summed E-state index contributed by atoms with van der Waals surface area (Å²) in [4.78, 5) is 0. The second-order valence-electron chi connectivity index (χ2n) is 4.21. The maximum atomic E-state index is 6.16. The lowest BCUT2D eigenvalue weighted by Crippen LogP contribution is -2.18. The van der Waals surface area contributed by atoms with Crippen LogP contribution in [0.4, 0.5) is 0 Å². The van der Waals surface area contributed by atoms with Gasteiger partial charge in [-0.2, -0.15) is 0 Å². The third-order valence-electron chi connectivity index (χ3n) is 3.03. The predicted molar refractivity (Wildman–Crippen MR) is 59.2 cm³/mol. The fraction of sp³-hybridized carbons (Fsp3) is 0.231. The molecule has 2 N–H and O–H groups in total. The van der Waals surface area contributed by atoms with Crippen LogP contribution in [0, 0.1) is 0 Å². The zero-order valence-electron chi connectivity index (χ0n) is 8.44. The molecule has 1 aromatic heterocycles. The number of hydrogen-bond donors (Lipinski definition) is 1. The van der Waals surface area contributed by atoms with E-state index in [4.69, 9.17) is 10.2 Å². The zero-order valence-corrected chi connectivity index (χ0v) is 8.44. The van der Waals surface area contributed by atoms with Crippen molar-refractivity contribution in [3.8, 4) is 11.3 Å². The average Bonchev–Trinajstić information content (AvgIpc) is 2.84. The van der Waals surface area contributed by atoms with Gasteiger partial charge in [0.05, 0.1) is 6.26 Å². The first-order valence-electron chi connectivity index (χ1n) is 5.21. The van der Waals surface area contributed by atoms with Crippen LogP contribution in [0.2, 0.25) is 0 Å². The molecule has 1 aliphatic rings. The lowest BCUT2D eigenvalue weighted by molar-refractivity contribution is 0.582. The largest absolute Gasteiger partial charge is 0.464 e. The van der Waals surface area contributed by atoms with Crippen molar-refractivity contribution in [3.63, 3.8) is 0 Å². The van der Waals surface area contributed by atoms with Crippen LogP contribution >= 0.6 is 0 Å². The molecule has 1 saturated carbocycles. The highest BCUT2D eigenvalue weighted by Crippen LogP contribution is 2.43. The van der Waals surface area contributed by atoms with Gasteiger partial charge >= 0.3 is 0 Å². The lowest BCUT2D eigenvalue weighted by atomic mass is 10.0. The van der Waals surface area contributed by atoms with Crippen LogP contribution in [-0.2, 0) is 5.54 Å². The van der Waals surface area contributed by atoms with E-state index < -0.39 is 0 Å². The number of nitrogens with two attached hydrogens (primary N) is 1. The van der Waals surface area contributed by atoms with E-state index in [9.17, 15) is 0 Å². The van der Waals surface area contributed by atoms with E-state index in [0.717, 1.165) is 24.2 Å². The lowest BCUT2D eigenvalue weighted by Gasteiger charge is -2.09. The highest BCUT2D eigenvalue weighted by molar-refractivity contribution is 5.59. The van der Waals surface area contributed by atoms with Crippen LogP contribution in [0.3, 0.4) is 0 Å². The van der Waals surface area contributed by atoms with Crippen molar-refractivity contribution in [1.82, 2.24) is 0 Å². The summed E-state index contributed by atoms with van der Waals surface area (Å²) in [6, 6.07) is 12.2. The molecule has 76 valence electrons. The quantitative estimate of drug-likeness (QED) is 0.807. The van der Waals surface area contributed by atoms with Crippen LogP contribution < -0.4 is 5.73 Å². The van der Waals surface area contributed by atoms with Gasteiger partial charge in [0.25, 0.3) is 0 Å². The molecule has 2 heteroatoms. The second-order valence-corrected chi connectivity index (χ2v) is 4.21. The summed E-state index contributed by atoms with van der Waals surface area (Å²) in [6.07, 6.45) is 3.88. The van der Waals surface area contributed by atoms with Crippen molar-refractivity contribution in [2.75, 3.05) is 0 Å². The van der Waals surface area contributed by atoms with E-state index in [2.05, 4.69) is 12.1 Å². The molecule has 0 saturated heterocycles. The van der Waals surface area contributed by atoms with Crippen molar-refractivity contribution in [2.45, 2.75) is 18.4 Å². The first-order valence-corrected chi connectivity index (χ1v) is 5.21. The Balaban J connectivity index is 2.04. The van der Waals surface area contributed by atoms with E-state index in [-0.39, 0.29) is 5.54 Å². The molecule has 1 aliphatic carbocycles. The van der Waals surface area contributed by atoms with Crippen molar-refractivity contribution in [2.24, 2.45) is 5.73 Å². The van der Waals surface area contributed by atoms with E-state index in [1.54, 1.807) is 6.26 Å². The molecule has 3 rings (SSSR count). The summed E-state index contributed by atoms with van der Waals surface area (Å²) in [5.74, 6) is 0.904. The highest BCUT2D eigenvalue weighted by Gasteiger charge is 2.39. The second kappa shape index (κ2) is 2.97. The maximum absolute atomic E-state index is 6.16. The molecule has 2 nitrogen and oxygen atoms in total. The van der Waals surface area contributed by atoms with Gasteiger partial charge in [0.15, 0.2) is 0 Å². The minimum atomic E-state index is -0.0669. The Morgan fingerprint density at radius 1 is 1.13 bits per heavy atom. The van der Waals surface area contributed by atoms with Crippen LogP contribution in [-0.4, -0.2) is 0 Å². The first kappa shape index (κ1) is 8.74. The summed E-state index contributed by atoms with van der Waals surface area (Å²) in [6.45, 7) is 0. The molecular formula is C13H13NO. The normalized spacial score (nSPS) is 17.7. The van der Waals surface area contributed by atoms with Gasteiger partial charge in [0.1, 0.15) is 5.76 Å². The van der Waals surface area contributed by atoms with Gasteiger partial charge in [-0.3, -0.25) is 0 Å². The minimum Gasteiger partial charge on any atom is -0.464 e. The van der Waals surface area contributed by atoms with Crippen LogP contribution in [0.15, 0.2) is 47.1 Å². The average molecular weight is 199 g/mol. The molecule has 0 unspecified atom stereocenters. The summed E-state index contributed by atoms with van der Waals surface area (Å²) < 4.78 is 5.37. The van der Waals surface area contributed by atoms with Crippen molar-refractivity contribution in [3.05, 3.63) is 48.2 Å². The van der Waals surface area contributed by atoms with Gasteiger partial charge in [-0.1, -0.05) is 18.2 Å².